The van der Waals surface area contributed by atoms with Crippen LogP contribution in [0.15, 0.2) is 66.8 Å². The molecule has 1 N–H and O–H groups in total. The number of hydrogen-bond donors (Lipinski definition) is 1. The summed E-state index contributed by atoms with van der Waals surface area (Å²) in [6.07, 6.45) is 10.7. The average molecular weight is 334 g/mol. The van der Waals surface area contributed by atoms with E-state index < -0.39 is 11.6 Å². The van der Waals surface area contributed by atoms with Crippen molar-refractivity contribution in [3.8, 4) is 5.75 Å². The SMILES string of the molecule is CC1C=C(c2ccccc2)C=CC1/C=C/c1cc(F)c(O)c(C=O)c1. The van der Waals surface area contributed by atoms with Crippen LogP contribution >= 0.6 is 0 Å². The number of hydrogen-bond acceptors (Lipinski definition) is 2. The molecule has 3 heteroatoms. The van der Waals surface area contributed by atoms with Crippen molar-refractivity contribution in [3.63, 3.8) is 0 Å². The molecule has 0 aromatic heterocycles. The number of carbonyl (C=O) groups excluding carboxylic acids is 1. The number of allylic oxidation sites excluding steroid dienone is 5. The summed E-state index contributed by atoms with van der Waals surface area (Å²) in [7, 11) is 0. The van der Waals surface area contributed by atoms with Crippen molar-refractivity contribution in [2.75, 3.05) is 0 Å². The van der Waals surface area contributed by atoms with Crippen LogP contribution in [-0.2, 0) is 0 Å². The second-order valence-corrected chi connectivity index (χ2v) is 6.20. The van der Waals surface area contributed by atoms with Gasteiger partial charge in [0, 0.05) is 5.92 Å². The number of phenolic OH excluding ortho intramolecular Hbond substituents is 1. The summed E-state index contributed by atoms with van der Waals surface area (Å²) >= 11 is 0. The molecule has 2 aromatic rings. The summed E-state index contributed by atoms with van der Waals surface area (Å²) in [4.78, 5) is 10.9. The Bertz CT molecular complexity index is 863. The Morgan fingerprint density at radius 3 is 2.60 bits per heavy atom. The molecule has 0 fully saturated rings. The molecule has 0 radical (unpaired) electrons. The smallest absolute Gasteiger partial charge is 0.166 e. The lowest BCUT2D eigenvalue weighted by atomic mass is 9.84. The van der Waals surface area contributed by atoms with Crippen molar-refractivity contribution in [2.45, 2.75) is 6.92 Å². The van der Waals surface area contributed by atoms with Crippen molar-refractivity contribution in [1.82, 2.24) is 0 Å². The van der Waals surface area contributed by atoms with E-state index in [0.29, 0.717) is 17.8 Å². The Hall–Kier alpha value is -2.94. The van der Waals surface area contributed by atoms with Gasteiger partial charge in [-0.3, -0.25) is 4.79 Å². The highest BCUT2D eigenvalue weighted by Gasteiger charge is 2.15. The Labute approximate surface area is 146 Å². The van der Waals surface area contributed by atoms with E-state index in [0.717, 1.165) is 0 Å². The van der Waals surface area contributed by atoms with Gasteiger partial charge in [0.15, 0.2) is 17.9 Å². The van der Waals surface area contributed by atoms with Gasteiger partial charge in [-0.1, -0.05) is 67.6 Å². The van der Waals surface area contributed by atoms with Crippen molar-refractivity contribution in [2.24, 2.45) is 11.8 Å². The highest BCUT2D eigenvalue weighted by molar-refractivity contribution is 5.81. The minimum absolute atomic E-state index is 0.0434. The molecule has 0 aliphatic heterocycles. The first-order chi connectivity index (χ1) is 12.1. The molecule has 0 saturated carbocycles. The maximum Gasteiger partial charge on any atom is 0.166 e. The molecule has 2 unspecified atom stereocenters. The summed E-state index contributed by atoms with van der Waals surface area (Å²) < 4.78 is 13.6. The van der Waals surface area contributed by atoms with Crippen molar-refractivity contribution < 1.29 is 14.3 Å². The standard InChI is InChI=1S/C22H19FO2/c1-15-11-19(18-5-3-2-4-6-18)10-9-17(15)8-7-16-12-20(14-24)22(25)21(23)13-16/h2-15,17,25H,1H3/b8-7+. The second kappa shape index (κ2) is 7.31. The molecule has 25 heavy (non-hydrogen) atoms. The van der Waals surface area contributed by atoms with Gasteiger partial charge >= 0.3 is 0 Å². The number of aldehydes is 1. The van der Waals surface area contributed by atoms with Crippen LogP contribution in [0.5, 0.6) is 5.75 Å². The van der Waals surface area contributed by atoms with E-state index >= 15 is 0 Å². The number of rotatable bonds is 4. The Morgan fingerprint density at radius 2 is 1.92 bits per heavy atom. The Kier molecular flexibility index (Phi) is 4.94. The third-order valence-electron chi connectivity index (χ3n) is 4.41. The molecule has 0 bridgehead atoms. The molecule has 2 nitrogen and oxygen atoms in total. The Morgan fingerprint density at radius 1 is 1.16 bits per heavy atom. The summed E-state index contributed by atoms with van der Waals surface area (Å²) in [5, 5.41) is 9.47. The maximum atomic E-state index is 13.6. The van der Waals surface area contributed by atoms with Gasteiger partial charge in [-0.05, 0) is 34.8 Å². The quantitative estimate of drug-likeness (QED) is 0.774. The van der Waals surface area contributed by atoms with Gasteiger partial charge in [0.1, 0.15) is 0 Å². The van der Waals surface area contributed by atoms with Crippen molar-refractivity contribution in [3.05, 3.63) is 89.3 Å². The van der Waals surface area contributed by atoms with E-state index in [1.165, 1.54) is 23.3 Å². The minimum atomic E-state index is -0.789. The van der Waals surface area contributed by atoms with Crippen LogP contribution in [-0.4, -0.2) is 11.4 Å². The van der Waals surface area contributed by atoms with Gasteiger partial charge in [0.25, 0.3) is 0 Å². The average Bonchev–Trinajstić information content (AvgIpc) is 2.64. The third-order valence-corrected chi connectivity index (χ3v) is 4.41. The van der Waals surface area contributed by atoms with Gasteiger partial charge in [0.2, 0.25) is 0 Å². The molecule has 3 rings (SSSR count). The van der Waals surface area contributed by atoms with Crippen LogP contribution in [0, 0.1) is 17.7 Å². The fourth-order valence-electron chi connectivity index (χ4n) is 2.95. The van der Waals surface area contributed by atoms with Gasteiger partial charge in [0.05, 0.1) is 5.56 Å². The normalized spacial score (nSPS) is 19.8. The van der Waals surface area contributed by atoms with E-state index in [1.807, 2.05) is 24.3 Å². The van der Waals surface area contributed by atoms with Gasteiger partial charge in [-0.25, -0.2) is 4.39 Å². The molecule has 2 aromatic carbocycles. The highest BCUT2D eigenvalue weighted by Crippen LogP contribution is 2.30. The minimum Gasteiger partial charge on any atom is -0.504 e. The predicted octanol–water partition coefficient (Wildman–Crippen LogP) is 5.26. The van der Waals surface area contributed by atoms with Crippen LogP contribution in [0.2, 0.25) is 0 Å². The van der Waals surface area contributed by atoms with Crippen LogP contribution in [0.1, 0.15) is 28.4 Å². The lowest BCUT2D eigenvalue weighted by Gasteiger charge is -2.20. The van der Waals surface area contributed by atoms with E-state index in [4.69, 9.17) is 0 Å². The number of aromatic hydroxyl groups is 1. The van der Waals surface area contributed by atoms with E-state index in [9.17, 15) is 14.3 Å². The van der Waals surface area contributed by atoms with Crippen LogP contribution in [0.3, 0.4) is 0 Å². The summed E-state index contributed by atoms with van der Waals surface area (Å²) in [6, 6.07) is 12.9. The number of phenols is 1. The molecule has 0 heterocycles. The highest BCUT2D eigenvalue weighted by atomic mass is 19.1. The summed E-state index contributed by atoms with van der Waals surface area (Å²) in [5.74, 6) is -0.913. The first kappa shape index (κ1) is 16.9. The molecule has 0 spiro atoms. The predicted molar refractivity (Wildman–Crippen MR) is 98.7 cm³/mol. The third kappa shape index (κ3) is 3.77. The van der Waals surface area contributed by atoms with Crippen molar-refractivity contribution >= 4 is 17.9 Å². The van der Waals surface area contributed by atoms with E-state index in [1.54, 1.807) is 6.08 Å². The molecule has 0 saturated heterocycles. The first-order valence-corrected chi connectivity index (χ1v) is 8.20. The van der Waals surface area contributed by atoms with Gasteiger partial charge in [-0.2, -0.15) is 0 Å². The van der Waals surface area contributed by atoms with Crippen LogP contribution in [0.25, 0.3) is 11.6 Å². The zero-order chi connectivity index (χ0) is 17.8. The first-order valence-electron chi connectivity index (χ1n) is 8.20. The Balaban J connectivity index is 1.78. The molecule has 0 amide bonds. The van der Waals surface area contributed by atoms with Crippen LogP contribution in [0.4, 0.5) is 4.39 Å². The number of carbonyl (C=O) groups is 1. The summed E-state index contributed by atoms with van der Waals surface area (Å²) in [5.41, 5.74) is 2.88. The number of halogens is 1. The molecular weight excluding hydrogens is 315 g/mol. The van der Waals surface area contributed by atoms with E-state index in [2.05, 4.69) is 37.3 Å². The molecule has 1 aliphatic carbocycles. The lowest BCUT2D eigenvalue weighted by Crippen LogP contribution is -2.08. The zero-order valence-electron chi connectivity index (χ0n) is 13.9. The molecule has 126 valence electrons. The lowest BCUT2D eigenvalue weighted by molar-refractivity contribution is 0.112. The largest absolute Gasteiger partial charge is 0.504 e. The van der Waals surface area contributed by atoms with Crippen molar-refractivity contribution in [1.29, 1.82) is 0 Å². The molecular formula is C22H19FO2. The van der Waals surface area contributed by atoms with Gasteiger partial charge in [-0.15, -0.1) is 0 Å². The zero-order valence-corrected chi connectivity index (χ0v) is 13.9. The topological polar surface area (TPSA) is 37.3 Å². The van der Waals surface area contributed by atoms with E-state index in [-0.39, 0.29) is 11.5 Å². The van der Waals surface area contributed by atoms with Gasteiger partial charge < -0.3 is 5.11 Å². The fraction of sp³-hybridized carbons (Fsp3) is 0.136. The molecule has 2 atom stereocenters. The second-order valence-electron chi connectivity index (χ2n) is 6.20. The summed E-state index contributed by atoms with van der Waals surface area (Å²) in [6.45, 7) is 2.13. The molecule has 1 aliphatic rings. The van der Waals surface area contributed by atoms with Crippen LogP contribution < -0.4 is 0 Å². The number of benzene rings is 2. The fourth-order valence-corrected chi connectivity index (χ4v) is 2.95. The monoisotopic (exact) mass is 334 g/mol. The maximum absolute atomic E-state index is 13.6.